The van der Waals surface area contributed by atoms with Gasteiger partial charge in [-0.1, -0.05) is 11.6 Å². The van der Waals surface area contributed by atoms with Gasteiger partial charge in [-0.2, -0.15) is 5.10 Å². The molecule has 0 fully saturated rings. The Labute approximate surface area is 110 Å². The number of hydrogen-bond donors (Lipinski definition) is 1. The molecule has 94 valence electrons. The van der Waals surface area contributed by atoms with E-state index in [-0.39, 0.29) is 5.78 Å². The van der Waals surface area contributed by atoms with Gasteiger partial charge in [0.1, 0.15) is 0 Å². The maximum atomic E-state index is 12.0. The van der Waals surface area contributed by atoms with Crippen molar-refractivity contribution in [3.63, 3.8) is 0 Å². The number of carbonyl (C=O) groups excluding carboxylic acids is 1. The first kappa shape index (κ1) is 12.6. The van der Waals surface area contributed by atoms with Crippen LogP contribution in [-0.2, 0) is 13.5 Å². The molecule has 0 aliphatic heterocycles. The maximum Gasteiger partial charge on any atom is 0.163 e. The zero-order chi connectivity index (χ0) is 13.1. The van der Waals surface area contributed by atoms with E-state index in [2.05, 4.69) is 5.10 Å². The third-order valence-corrected chi connectivity index (χ3v) is 3.18. The lowest BCUT2D eigenvalue weighted by Crippen LogP contribution is -2.05. The summed E-state index contributed by atoms with van der Waals surface area (Å²) >= 11 is 5.89. The topological polar surface area (TPSA) is 60.9 Å². The second-order valence-electron chi connectivity index (χ2n) is 4.11. The summed E-state index contributed by atoms with van der Waals surface area (Å²) in [6, 6.07) is 6.87. The fourth-order valence-corrected chi connectivity index (χ4v) is 1.91. The number of rotatable bonds is 4. The number of halogens is 1. The highest BCUT2D eigenvalue weighted by Gasteiger charge is 2.09. The number of aryl methyl sites for hydroxylation is 2. The molecule has 0 spiro atoms. The van der Waals surface area contributed by atoms with Crippen LogP contribution in [0.5, 0.6) is 0 Å². The van der Waals surface area contributed by atoms with E-state index in [1.807, 2.05) is 13.1 Å². The molecule has 1 aromatic heterocycles. The number of carbonyl (C=O) groups is 1. The molecule has 2 aromatic rings. The molecule has 0 amide bonds. The molecule has 5 heteroatoms. The highest BCUT2D eigenvalue weighted by atomic mass is 35.5. The predicted molar refractivity (Wildman–Crippen MR) is 71.7 cm³/mol. The molecule has 0 saturated heterocycles. The number of nitrogens with zero attached hydrogens (tertiary/aromatic N) is 2. The number of anilines is 1. The molecule has 0 bridgehead atoms. The average Bonchev–Trinajstić information content (AvgIpc) is 2.75. The molecule has 2 N–H and O–H groups in total. The summed E-state index contributed by atoms with van der Waals surface area (Å²) in [5.74, 6) is 0.0538. The maximum absolute atomic E-state index is 12.0. The zero-order valence-corrected chi connectivity index (χ0v) is 10.8. The fraction of sp³-hybridized carbons (Fsp3) is 0.231. The number of Topliss-reactive ketones (excluding diaryl/α,β-unsaturated/α-hetero) is 1. The minimum atomic E-state index is 0.0538. The van der Waals surface area contributed by atoms with Gasteiger partial charge in [-0.3, -0.25) is 9.48 Å². The van der Waals surface area contributed by atoms with E-state index in [1.165, 1.54) is 0 Å². The molecule has 0 aliphatic carbocycles. The highest BCUT2D eigenvalue weighted by molar-refractivity contribution is 6.33. The minimum Gasteiger partial charge on any atom is -0.398 e. The van der Waals surface area contributed by atoms with Gasteiger partial charge in [-0.05, 0) is 30.7 Å². The van der Waals surface area contributed by atoms with E-state index in [9.17, 15) is 4.79 Å². The molecule has 4 nitrogen and oxygen atoms in total. The van der Waals surface area contributed by atoms with Crippen LogP contribution in [0.1, 0.15) is 22.5 Å². The predicted octanol–water partition coefficient (Wildman–Crippen LogP) is 2.47. The van der Waals surface area contributed by atoms with Crippen molar-refractivity contribution in [3.8, 4) is 0 Å². The molecule has 0 radical (unpaired) electrons. The van der Waals surface area contributed by atoms with E-state index in [0.717, 1.165) is 5.69 Å². The van der Waals surface area contributed by atoms with Crippen molar-refractivity contribution >= 4 is 23.1 Å². The van der Waals surface area contributed by atoms with Gasteiger partial charge in [0.25, 0.3) is 0 Å². The van der Waals surface area contributed by atoms with Crippen molar-refractivity contribution in [2.75, 3.05) is 5.73 Å². The number of aromatic nitrogens is 2. The van der Waals surface area contributed by atoms with Crippen LogP contribution in [0, 0.1) is 0 Å². The quantitative estimate of drug-likeness (QED) is 0.681. The van der Waals surface area contributed by atoms with E-state index >= 15 is 0 Å². The summed E-state index contributed by atoms with van der Waals surface area (Å²) in [6.07, 6.45) is 2.82. The van der Waals surface area contributed by atoms with Gasteiger partial charge in [-0.25, -0.2) is 0 Å². The molecule has 0 atom stereocenters. The van der Waals surface area contributed by atoms with Crippen LogP contribution in [0.25, 0.3) is 0 Å². The summed E-state index contributed by atoms with van der Waals surface area (Å²) in [5.41, 5.74) is 7.72. The molecule has 18 heavy (non-hydrogen) atoms. The Bertz CT molecular complexity index is 577. The lowest BCUT2D eigenvalue weighted by Gasteiger charge is -2.04. The van der Waals surface area contributed by atoms with Crippen LogP contribution < -0.4 is 5.73 Å². The lowest BCUT2D eigenvalue weighted by atomic mass is 10.1. The summed E-state index contributed by atoms with van der Waals surface area (Å²) in [4.78, 5) is 12.0. The standard InChI is InChI=1S/C13H14ClN3O/c1-17-10(6-7-16-17)3-5-13(18)9-2-4-12(15)11(14)8-9/h2,4,6-8H,3,5,15H2,1H3. The van der Waals surface area contributed by atoms with E-state index in [1.54, 1.807) is 29.1 Å². The summed E-state index contributed by atoms with van der Waals surface area (Å²) in [6.45, 7) is 0. The first-order chi connectivity index (χ1) is 8.58. The van der Waals surface area contributed by atoms with Crippen LogP contribution in [-0.4, -0.2) is 15.6 Å². The second-order valence-corrected chi connectivity index (χ2v) is 4.51. The Morgan fingerprint density at radius 2 is 2.22 bits per heavy atom. The van der Waals surface area contributed by atoms with Crippen LogP contribution in [0.4, 0.5) is 5.69 Å². The molecular formula is C13H14ClN3O. The Kier molecular flexibility index (Phi) is 3.67. The van der Waals surface area contributed by atoms with Gasteiger partial charge < -0.3 is 5.73 Å². The number of benzene rings is 1. The summed E-state index contributed by atoms with van der Waals surface area (Å²) < 4.78 is 1.77. The normalized spacial score (nSPS) is 10.6. The average molecular weight is 264 g/mol. The monoisotopic (exact) mass is 263 g/mol. The van der Waals surface area contributed by atoms with Crippen molar-refractivity contribution in [1.29, 1.82) is 0 Å². The Morgan fingerprint density at radius 3 is 2.83 bits per heavy atom. The molecule has 1 heterocycles. The molecule has 0 saturated carbocycles. The van der Waals surface area contributed by atoms with E-state index < -0.39 is 0 Å². The summed E-state index contributed by atoms with van der Waals surface area (Å²) in [7, 11) is 1.86. The van der Waals surface area contributed by atoms with Gasteiger partial charge >= 0.3 is 0 Å². The fourth-order valence-electron chi connectivity index (χ4n) is 1.73. The smallest absolute Gasteiger partial charge is 0.163 e. The lowest BCUT2D eigenvalue weighted by molar-refractivity contribution is 0.0982. The number of ketones is 1. The van der Waals surface area contributed by atoms with Gasteiger partial charge in [0, 0.05) is 30.9 Å². The number of nitrogens with two attached hydrogens (primary N) is 1. The van der Waals surface area contributed by atoms with Gasteiger partial charge in [0.05, 0.1) is 10.7 Å². The van der Waals surface area contributed by atoms with Crippen molar-refractivity contribution in [2.24, 2.45) is 7.05 Å². The van der Waals surface area contributed by atoms with E-state index in [0.29, 0.717) is 29.1 Å². The molecule has 1 aromatic carbocycles. The zero-order valence-electron chi connectivity index (χ0n) is 10.1. The van der Waals surface area contributed by atoms with E-state index in [4.69, 9.17) is 17.3 Å². The first-order valence-corrected chi connectivity index (χ1v) is 6.01. The minimum absolute atomic E-state index is 0.0538. The summed E-state index contributed by atoms with van der Waals surface area (Å²) in [5, 5.41) is 4.48. The molecule has 0 aliphatic rings. The second kappa shape index (κ2) is 5.23. The third kappa shape index (κ3) is 2.71. The van der Waals surface area contributed by atoms with Crippen molar-refractivity contribution in [3.05, 3.63) is 46.7 Å². The first-order valence-electron chi connectivity index (χ1n) is 5.63. The molecule has 2 rings (SSSR count). The van der Waals surface area contributed by atoms with Crippen molar-refractivity contribution < 1.29 is 4.79 Å². The van der Waals surface area contributed by atoms with Crippen molar-refractivity contribution in [2.45, 2.75) is 12.8 Å². The van der Waals surface area contributed by atoms with Gasteiger partial charge in [0.2, 0.25) is 0 Å². The van der Waals surface area contributed by atoms with Crippen LogP contribution in [0.2, 0.25) is 5.02 Å². The Balaban J connectivity index is 2.04. The third-order valence-electron chi connectivity index (χ3n) is 2.85. The van der Waals surface area contributed by atoms with Crippen LogP contribution >= 0.6 is 11.6 Å². The SMILES string of the molecule is Cn1nccc1CCC(=O)c1ccc(N)c(Cl)c1. The molecule has 0 unspecified atom stereocenters. The van der Waals surface area contributed by atoms with Crippen molar-refractivity contribution in [1.82, 2.24) is 9.78 Å². The Morgan fingerprint density at radius 1 is 1.44 bits per heavy atom. The number of nitrogen functional groups attached to an aromatic ring is 1. The van der Waals surface area contributed by atoms with Gasteiger partial charge in [-0.15, -0.1) is 0 Å². The van der Waals surface area contributed by atoms with Gasteiger partial charge in [0.15, 0.2) is 5.78 Å². The van der Waals surface area contributed by atoms with Crippen LogP contribution in [0.3, 0.4) is 0 Å². The van der Waals surface area contributed by atoms with Crippen LogP contribution in [0.15, 0.2) is 30.5 Å². The highest BCUT2D eigenvalue weighted by Crippen LogP contribution is 2.20. The molecular weight excluding hydrogens is 250 g/mol. The number of hydrogen-bond acceptors (Lipinski definition) is 3. The largest absolute Gasteiger partial charge is 0.398 e. The Hall–Kier alpha value is -1.81.